The molecule has 0 aliphatic rings. The van der Waals surface area contributed by atoms with Crippen molar-refractivity contribution >= 4 is 46.1 Å². The second kappa shape index (κ2) is 7.59. The zero-order chi connectivity index (χ0) is 13.0. The first-order chi connectivity index (χ1) is 8.69. The van der Waals surface area contributed by atoms with Gasteiger partial charge in [0.25, 0.3) is 0 Å². The van der Waals surface area contributed by atoms with E-state index in [1.54, 1.807) is 11.3 Å². The lowest BCUT2D eigenvalue weighted by atomic mass is 10.3. The van der Waals surface area contributed by atoms with E-state index in [4.69, 9.17) is 5.73 Å². The fourth-order valence-corrected chi connectivity index (χ4v) is 3.09. The van der Waals surface area contributed by atoms with Crippen molar-refractivity contribution < 1.29 is 4.79 Å². The lowest BCUT2D eigenvalue weighted by Gasteiger charge is -1.99. The van der Waals surface area contributed by atoms with Gasteiger partial charge in [-0.15, -0.1) is 35.1 Å². The zero-order valence-electron chi connectivity index (χ0n) is 10.5. The molecule has 7 heteroatoms. The number of thiophene rings is 1. The van der Waals surface area contributed by atoms with Gasteiger partial charge in [0.15, 0.2) is 5.13 Å². The lowest BCUT2D eigenvalue weighted by molar-refractivity contribution is -0.116. The highest BCUT2D eigenvalue weighted by Crippen LogP contribution is 2.30. The van der Waals surface area contributed by atoms with E-state index in [1.807, 2.05) is 5.38 Å². The number of carbonyl (C=O) groups is 1. The molecule has 0 spiro atoms. The Morgan fingerprint density at radius 2 is 2.26 bits per heavy atom. The van der Waals surface area contributed by atoms with Crippen LogP contribution in [0.1, 0.15) is 17.7 Å². The first-order valence-corrected chi connectivity index (χ1v) is 7.41. The molecule has 0 aliphatic carbocycles. The average Bonchev–Trinajstić information content (AvgIpc) is 2.95. The number of hydrogen-bond acceptors (Lipinski definition) is 5. The van der Waals surface area contributed by atoms with Crippen LogP contribution < -0.4 is 11.1 Å². The molecule has 0 fully saturated rings. The number of nitrogens with one attached hydrogen (secondary N) is 1. The van der Waals surface area contributed by atoms with E-state index in [0.717, 1.165) is 10.6 Å². The summed E-state index contributed by atoms with van der Waals surface area (Å²) in [6.07, 6.45) is 1.15. The lowest BCUT2D eigenvalue weighted by Crippen LogP contribution is -2.13. The van der Waals surface area contributed by atoms with Gasteiger partial charge in [-0.25, -0.2) is 4.98 Å². The summed E-state index contributed by atoms with van der Waals surface area (Å²) in [5.41, 5.74) is 6.28. The van der Waals surface area contributed by atoms with Crippen LogP contribution in [0.4, 0.5) is 5.13 Å². The van der Waals surface area contributed by atoms with E-state index in [0.29, 0.717) is 24.5 Å². The number of aryl methyl sites for hydroxylation is 1. The van der Waals surface area contributed by atoms with Crippen LogP contribution in [0.5, 0.6) is 0 Å². The quantitative estimate of drug-likeness (QED) is 0.889. The second-order valence-electron chi connectivity index (χ2n) is 3.89. The molecule has 0 bridgehead atoms. The summed E-state index contributed by atoms with van der Waals surface area (Å²) >= 11 is 3.15. The number of thiazole rings is 1. The molecule has 2 aromatic rings. The van der Waals surface area contributed by atoms with Crippen LogP contribution in [0, 0.1) is 6.92 Å². The van der Waals surface area contributed by atoms with Crippen molar-refractivity contribution in [3.8, 4) is 10.6 Å². The Balaban J connectivity index is 0.00000180. The first kappa shape index (κ1) is 16.1. The normalized spacial score (nSPS) is 10.0. The number of anilines is 1. The van der Waals surface area contributed by atoms with Gasteiger partial charge in [0.05, 0.1) is 10.6 Å². The molecule has 4 nitrogen and oxygen atoms in total. The molecule has 0 radical (unpaired) electrons. The summed E-state index contributed by atoms with van der Waals surface area (Å²) in [7, 11) is 0. The SMILES string of the molecule is Cc1ccc(-c2csc(NC(=O)CCCN)n2)s1.Cl. The van der Waals surface area contributed by atoms with Gasteiger partial charge in [-0.1, -0.05) is 0 Å². The van der Waals surface area contributed by atoms with E-state index in [-0.39, 0.29) is 18.3 Å². The van der Waals surface area contributed by atoms with Crippen LogP contribution in [0.2, 0.25) is 0 Å². The first-order valence-electron chi connectivity index (χ1n) is 5.71. The molecular weight excluding hydrogens is 302 g/mol. The molecule has 2 aromatic heterocycles. The minimum Gasteiger partial charge on any atom is -0.330 e. The highest BCUT2D eigenvalue weighted by molar-refractivity contribution is 7.17. The van der Waals surface area contributed by atoms with Crippen molar-refractivity contribution in [3.05, 3.63) is 22.4 Å². The molecule has 0 saturated heterocycles. The number of hydrogen-bond donors (Lipinski definition) is 2. The Morgan fingerprint density at radius 1 is 1.47 bits per heavy atom. The summed E-state index contributed by atoms with van der Waals surface area (Å²) in [5, 5.41) is 5.40. The van der Waals surface area contributed by atoms with Crippen molar-refractivity contribution in [3.63, 3.8) is 0 Å². The molecule has 0 atom stereocenters. The summed E-state index contributed by atoms with van der Waals surface area (Å²) in [5.74, 6) is -0.0243. The van der Waals surface area contributed by atoms with E-state index in [1.165, 1.54) is 16.2 Å². The third kappa shape index (κ3) is 4.58. The summed E-state index contributed by atoms with van der Waals surface area (Å²) in [6.45, 7) is 2.60. The maximum atomic E-state index is 11.5. The van der Waals surface area contributed by atoms with E-state index >= 15 is 0 Å². The van der Waals surface area contributed by atoms with Crippen molar-refractivity contribution in [2.24, 2.45) is 5.73 Å². The highest BCUT2D eigenvalue weighted by Gasteiger charge is 2.08. The monoisotopic (exact) mass is 317 g/mol. The molecule has 0 aromatic carbocycles. The average molecular weight is 318 g/mol. The fourth-order valence-electron chi connectivity index (χ4n) is 1.46. The van der Waals surface area contributed by atoms with Crippen molar-refractivity contribution in [2.45, 2.75) is 19.8 Å². The highest BCUT2D eigenvalue weighted by atomic mass is 35.5. The number of halogens is 1. The minimum atomic E-state index is -0.0243. The number of nitrogens with zero attached hydrogens (tertiary/aromatic N) is 1. The number of amides is 1. The maximum Gasteiger partial charge on any atom is 0.226 e. The summed E-state index contributed by atoms with van der Waals surface area (Å²) in [4.78, 5) is 18.3. The topological polar surface area (TPSA) is 68.0 Å². The third-order valence-electron chi connectivity index (χ3n) is 2.35. The fraction of sp³-hybridized carbons (Fsp3) is 0.333. The van der Waals surface area contributed by atoms with Gasteiger partial charge in [0.2, 0.25) is 5.91 Å². The number of carbonyl (C=O) groups excluding carboxylic acids is 1. The van der Waals surface area contributed by atoms with Gasteiger partial charge in [-0.3, -0.25) is 4.79 Å². The van der Waals surface area contributed by atoms with Crippen LogP contribution in [0.25, 0.3) is 10.6 Å². The van der Waals surface area contributed by atoms with Gasteiger partial charge in [-0.05, 0) is 32.0 Å². The maximum absolute atomic E-state index is 11.5. The molecule has 1 amide bonds. The predicted octanol–water partition coefficient (Wildman–Crippen LogP) is 3.28. The standard InChI is InChI=1S/C12H15N3OS2.ClH/c1-8-4-5-10(18-8)9-7-17-12(14-9)15-11(16)3-2-6-13;/h4-5,7H,2-3,6,13H2,1H3,(H,14,15,16);1H. The van der Waals surface area contributed by atoms with Crippen molar-refractivity contribution in [1.82, 2.24) is 4.98 Å². The number of aromatic nitrogens is 1. The van der Waals surface area contributed by atoms with Crippen LogP contribution in [-0.2, 0) is 4.79 Å². The van der Waals surface area contributed by atoms with Crippen LogP contribution in [0.3, 0.4) is 0 Å². The van der Waals surface area contributed by atoms with Crippen molar-refractivity contribution in [2.75, 3.05) is 11.9 Å². The second-order valence-corrected chi connectivity index (χ2v) is 6.03. The molecule has 2 rings (SSSR count). The Bertz CT molecular complexity index is 539. The molecule has 0 saturated carbocycles. The van der Waals surface area contributed by atoms with Crippen molar-refractivity contribution in [1.29, 1.82) is 0 Å². The Kier molecular flexibility index (Phi) is 6.44. The Hall–Kier alpha value is -0.950. The third-order valence-corrected chi connectivity index (χ3v) is 4.13. The molecule has 2 heterocycles. The van der Waals surface area contributed by atoms with E-state index in [2.05, 4.69) is 29.4 Å². The van der Waals surface area contributed by atoms with Gasteiger partial charge in [0.1, 0.15) is 0 Å². The minimum absolute atomic E-state index is 0. The predicted molar refractivity (Wildman–Crippen MR) is 84.3 cm³/mol. The molecule has 0 unspecified atom stereocenters. The van der Waals surface area contributed by atoms with E-state index in [9.17, 15) is 4.79 Å². The van der Waals surface area contributed by atoms with Gasteiger partial charge in [0, 0.05) is 16.7 Å². The molecular formula is C12H16ClN3OS2. The molecule has 0 aliphatic heterocycles. The zero-order valence-corrected chi connectivity index (χ0v) is 13.0. The van der Waals surface area contributed by atoms with Gasteiger partial charge < -0.3 is 11.1 Å². The summed E-state index contributed by atoms with van der Waals surface area (Å²) in [6, 6.07) is 4.12. The van der Waals surface area contributed by atoms with Crippen LogP contribution in [0.15, 0.2) is 17.5 Å². The van der Waals surface area contributed by atoms with Crippen LogP contribution >= 0.6 is 35.1 Å². The van der Waals surface area contributed by atoms with E-state index < -0.39 is 0 Å². The molecule has 3 N–H and O–H groups in total. The van der Waals surface area contributed by atoms with Gasteiger partial charge in [-0.2, -0.15) is 0 Å². The Labute approximate surface area is 126 Å². The van der Waals surface area contributed by atoms with Gasteiger partial charge >= 0.3 is 0 Å². The smallest absolute Gasteiger partial charge is 0.226 e. The molecule has 19 heavy (non-hydrogen) atoms. The van der Waals surface area contributed by atoms with Crippen LogP contribution in [-0.4, -0.2) is 17.4 Å². The number of rotatable bonds is 5. The summed E-state index contributed by atoms with van der Waals surface area (Å²) < 4.78 is 0. The molecule has 104 valence electrons. The largest absolute Gasteiger partial charge is 0.330 e. The number of nitrogens with two attached hydrogens (primary N) is 1. The Morgan fingerprint density at radius 3 is 2.89 bits per heavy atom.